The molecule has 7 nitrogen and oxygen atoms in total. The van der Waals surface area contributed by atoms with Crippen LogP contribution in [-0.2, 0) is 33.2 Å². The predicted octanol–water partition coefficient (Wildman–Crippen LogP) is 44.9. The van der Waals surface area contributed by atoms with Gasteiger partial charge in [-0.15, -0.1) is 0 Å². The lowest BCUT2D eigenvalue weighted by Crippen LogP contribution is -2.47. The van der Waals surface area contributed by atoms with E-state index in [0.717, 1.165) is 116 Å². The van der Waals surface area contributed by atoms with Gasteiger partial charge in [-0.1, -0.05) is 619 Å². The van der Waals surface area contributed by atoms with Crippen molar-refractivity contribution >= 4 is 104 Å². The van der Waals surface area contributed by atoms with Gasteiger partial charge < -0.3 is 33.2 Å². The molecule has 0 rings (SSSR count). The van der Waals surface area contributed by atoms with E-state index in [2.05, 4.69) is 41.5 Å². The Balaban J connectivity index is 7.24. The Morgan fingerprint density at radius 2 is 0.197 bits per heavy atom. The minimum atomic E-state index is -0.849. The van der Waals surface area contributed by atoms with Crippen molar-refractivity contribution in [3.8, 4) is 0 Å². The average molecular weight is 2030 g/mol. The lowest BCUT2D eigenvalue weighted by Gasteiger charge is -2.36. The van der Waals surface area contributed by atoms with Crippen molar-refractivity contribution < 1.29 is 33.2 Å². The van der Waals surface area contributed by atoms with Crippen LogP contribution in [0.15, 0.2) is 0 Å². The molecular weight excluding hydrogens is 1790 g/mol. The summed E-state index contributed by atoms with van der Waals surface area (Å²) in [6.07, 6.45) is 132. The van der Waals surface area contributed by atoms with Crippen LogP contribution in [0.25, 0.3) is 0 Å². The molecule has 0 aliphatic heterocycles. The normalized spacial score (nSPS) is 11.8. The molecule has 0 unspecified atom stereocenters. The van der Waals surface area contributed by atoms with E-state index in [4.69, 9.17) is 106 Å². The van der Waals surface area contributed by atoms with Crippen molar-refractivity contribution in [2.75, 3.05) is 52.9 Å². The molecule has 0 radical (unpaired) electrons. The molecule has 0 aromatic carbocycles. The Kier molecular flexibility index (Phi) is 113. The molecule has 137 heavy (non-hydrogen) atoms. The summed E-state index contributed by atoms with van der Waals surface area (Å²) in [6, 6.07) is 0. The highest BCUT2D eigenvalue weighted by molar-refractivity contribution is 7.81. The van der Waals surface area contributed by atoms with Crippen LogP contribution in [0.1, 0.15) is 696 Å². The van der Waals surface area contributed by atoms with Crippen LogP contribution in [0.2, 0.25) is 0 Å². The monoisotopic (exact) mass is 2030 g/mol. The minimum Gasteiger partial charge on any atom is -0.486 e. The van der Waals surface area contributed by atoms with Gasteiger partial charge >= 0.3 is 0 Å². The third kappa shape index (κ3) is 105. The maximum Gasteiger partial charge on any atom is 0.159 e. The highest BCUT2D eigenvalue weighted by Crippen LogP contribution is 2.31. The highest BCUT2D eigenvalue weighted by atomic mass is 32.1. The van der Waals surface area contributed by atoms with Crippen LogP contribution in [0.4, 0.5) is 0 Å². The van der Waals surface area contributed by atoms with Crippen LogP contribution in [-0.4, -0.2) is 83.2 Å². The van der Waals surface area contributed by atoms with Crippen LogP contribution >= 0.6 is 73.3 Å². The smallest absolute Gasteiger partial charge is 0.159 e. The summed E-state index contributed by atoms with van der Waals surface area (Å²) in [5.74, 6) is 0. The third-order valence-electron chi connectivity index (χ3n) is 29.5. The number of thiocarbonyl (C=S) groups is 6. The van der Waals surface area contributed by atoms with Gasteiger partial charge in [0.15, 0.2) is 30.3 Å². The molecule has 0 N–H and O–H groups in total. The van der Waals surface area contributed by atoms with E-state index in [1.165, 1.54) is 539 Å². The molecule has 0 aromatic heterocycles. The summed E-state index contributed by atoms with van der Waals surface area (Å²) in [7, 11) is 0. The van der Waals surface area contributed by atoms with E-state index in [-0.39, 0.29) is 52.9 Å². The molecule has 0 saturated heterocycles. The van der Waals surface area contributed by atoms with Gasteiger partial charge in [0, 0.05) is 38.5 Å². The molecule has 13 heteroatoms. The van der Waals surface area contributed by atoms with E-state index in [9.17, 15) is 0 Å². The predicted molar refractivity (Wildman–Crippen MR) is 632 cm³/mol. The molecule has 812 valence electrons. The molecule has 0 amide bonds. The van der Waals surface area contributed by atoms with E-state index in [1.54, 1.807) is 0 Å². The molecule has 0 aromatic rings. The van der Waals surface area contributed by atoms with Crippen LogP contribution in [0.3, 0.4) is 0 Å². The summed E-state index contributed by atoms with van der Waals surface area (Å²) in [5.41, 5.74) is -1.70. The first-order valence-corrected chi connectivity index (χ1v) is 64.4. The van der Waals surface area contributed by atoms with Crippen LogP contribution in [0, 0.1) is 10.8 Å². The molecular formula is C124H238O7S6. The van der Waals surface area contributed by atoms with E-state index in [0.29, 0.717) is 30.3 Å². The van der Waals surface area contributed by atoms with E-state index in [1.807, 2.05) is 0 Å². The molecule has 0 fully saturated rings. The summed E-state index contributed by atoms with van der Waals surface area (Å²) in [4.78, 5) is 0. The Labute approximate surface area is 890 Å². The molecule has 0 aliphatic carbocycles. The molecule has 0 aliphatic rings. The maximum atomic E-state index is 7.38. The van der Waals surface area contributed by atoms with Gasteiger partial charge in [-0.3, -0.25) is 0 Å². The maximum absolute atomic E-state index is 7.38. The second kappa shape index (κ2) is 114. The number of hydrogen-bond acceptors (Lipinski definition) is 13. The van der Waals surface area contributed by atoms with Gasteiger partial charge in [0.2, 0.25) is 0 Å². The number of hydrogen-bond donors (Lipinski definition) is 0. The highest BCUT2D eigenvalue weighted by Gasteiger charge is 2.40. The van der Waals surface area contributed by atoms with E-state index < -0.39 is 10.8 Å². The number of ether oxygens (including phenoxy) is 7. The summed E-state index contributed by atoms with van der Waals surface area (Å²) in [6.45, 7) is 15.7. The molecule has 0 bridgehead atoms. The second-order valence-electron chi connectivity index (χ2n) is 43.8. The number of unbranched alkanes of at least 4 members (excludes halogenated alkanes) is 90. The van der Waals surface area contributed by atoms with Gasteiger partial charge in [0.1, 0.15) is 39.6 Å². The third-order valence-corrected chi connectivity index (χ3v) is 31.4. The van der Waals surface area contributed by atoms with Gasteiger partial charge in [-0.25, -0.2) is 0 Å². The van der Waals surface area contributed by atoms with Crippen molar-refractivity contribution in [2.24, 2.45) is 10.8 Å². The van der Waals surface area contributed by atoms with Gasteiger partial charge in [-0.05, 0) is 112 Å². The van der Waals surface area contributed by atoms with Gasteiger partial charge in [0.25, 0.3) is 0 Å². The minimum absolute atomic E-state index is 0.219. The largest absolute Gasteiger partial charge is 0.486 e. The fourth-order valence-electron chi connectivity index (χ4n) is 19.7. The SMILES string of the molecule is CCCCCCCCCCCCCCCCCCC(=S)OCC(COCC(COC(=S)CCCCCCCCCCCCCCCCCC)(COC(=S)CCCCCCCCCCCCCCCCCC)COC(=S)CCCCCCCCCCCCCCCCCC)(COC(=S)CCCCCCCCCCCCCCCCCC)COC(=S)CCCCCCCCCCCCCCCCCC. The molecule has 0 heterocycles. The summed E-state index contributed by atoms with van der Waals surface area (Å²) >= 11 is 37.5. The lowest BCUT2D eigenvalue weighted by molar-refractivity contribution is -0.0935. The lowest BCUT2D eigenvalue weighted by atomic mass is 9.90. The van der Waals surface area contributed by atoms with Crippen molar-refractivity contribution in [2.45, 2.75) is 696 Å². The van der Waals surface area contributed by atoms with E-state index >= 15 is 0 Å². The van der Waals surface area contributed by atoms with Gasteiger partial charge in [-0.2, -0.15) is 0 Å². The van der Waals surface area contributed by atoms with Crippen LogP contribution in [0.5, 0.6) is 0 Å². The van der Waals surface area contributed by atoms with Crippen LogP contribution < -0.4 is 0 Å². The Morgan fingerprint density at radius 3 is 0.285 bits per heavy atom. The zero-order valence-electron chi connectivity index (χ0n) is 93.1. The fourth-order valence-corrected chi connectivity index (χ4v) is 20.9. The molecule has 0 saturated carbocycles. The Morgan fingerprint density at radius 1 is 0.117 bits per heavy atom. The quantitative estimate of drug-likeness (QED) is 0.0429. The second-order valence-corrected chi connectivity index (χ2v) is 46.5. The summed E-state index contributed by atoms with van der Waals surface area (Å²) < 4.78 is 48.8. The van der Waals surface area contributed by atoms with Gasteiger partial charge in [0.05, 0.1) is 24.0 Å². The van der Waals surface area contributed by atoms with Crippen molar-refractivity contribution in [1.29, 1.82) is 0 Å². The van der Waals surface area contributed by atoms with Crippen molar-refractivity contribution in [3.63, 3.8) is 0 Å². The first-order chi connectivity index (χ1) is 67.4. The standard InChI is InChI=1S/C124H238O7S6/c1-7-13-19-25-31-37-43-49-55-61-67-73-79-85-91-97-103-117(132)126-111-123(112-127-118(133)104-98-92-86-80-74-68-62-56-50-44-38-32-26-20-14-8-2,113-128-119(134)105-99-93-87-81-75-69-63-57-51-45-39-33-27-21-15-9-3)109-125-110-124(114-129-120(135)106-100-94-88-82-76-70-64-58-52-46-40-34-28-22-16-10-4,115-130-121(136)107-101-95-89-83-77-71-65-59-53-47-41-35-29-23-17-11-5)116-131-122(137)108-102-96-90-84-78-72-66-60-54-48-42-36-30-24-18-12-6/h7-116H2,1-6H3. The first-order valence-electron chi connectivity index (χ1n) is 62.0. The summed E-state index contributed by atoms with van der Waals surface area (Å²) in [5, 5.41) is 3.77. The Bertz CT molecular complexity index is 2060. The average Bonchev–Trinajstić information content (AvgIpc) is 0.835. The van der Waals surface area contributed by atoms with Crippen molar-refractivity contribution in [1.82, 2.24) is 0 Å². The Hall–Kier alpha value is -0.700. The topological polar surface area (TPSA) is 64.6 Å². The molecule has 0 spiro atoms. The zero-order valence-corrected chi connectivity index (χ0v) is 98.0. The first kappa shape index (κ1) is 136. The fraction of sp³-hybridized carbons (Fsp3) is 0.952. The molecule has 0 atom stereocenters. The zero-order chi connectivity index (χ0) is 99.2. The number of rotatable bonds is 118. The van der Waals surface area contributed by atoms with Crippen molar-refractivity contribution in [3.05, 3.63) is 0 Å².